The van der Waals surface area contributed by atoms with E-state index >= 15 is 0 Å². The largest absolute Gasteiger partial charge is 0.389 e. The normalized spacial score (nSPS) is 19.1. The minimum Gasteiger partial charge on any atom is -0.389 e. The van der Waals surface area contributed by atoms with Crippen LogP contribution in [0.5, 0.6) is 0 Å². The van der Waals surface area contributed by atoms with Gasteiger partial charge >= 0.3 is 0 Å². The Bertz CT molecular complexity index is 791. The highest BCUT2D eigenvalue weighted by molar-refractivity contribution is 5.87. The summed E-state index contributed by atoms with van der Waals surface area (Å²) >= 11 is 0. The maximum atomic E-state index is 10.4. The smallest absolute Gasteiger partial charge is 0.147 e. The Hall–Kier alpha value is -2.74. The van der Waals surface area contributed by atoms with E-state index in [4.69, 9.17) is 0 Å². The molecule has 0 radical (unpaired) electrons. The minimum absolute atomic E-state index is 0.497. The van der Waals surface area contributed by atoms with Crippen molar-refractivity contribution in [2.45, 2.75) is 6.10 Å². The summed E-state index contributed by atoms with van der Waals surface area (Å²) in [4.78, 5) is 24.3. The summed E-state index contributed by atoms with van der Waals surface area (Å²) in [5.41, 5.74) is 0.805. The number of nitrogens with zero attached hydrogens (tertiary/aromatic N) is 6. The van der Waals surface area contributed by atoms with Gasteiger partial charge in [-0.1, -0.05) is 0 Å². The van der Waals surface area contributed by atoms with Gasteiger partial charge in [0.15, 0.2) is 0 Å². The molecule has 3 aromatic rings. The molecule has 0 spiro atoms. The van der Waals surface area contributed by atoms with Crippen LogP contribution in [0.25, 0.3) is 11.0 Å². The molecule has 8 heteroatoms. The van der Waals surface area contributed by atoms with Gasteiger partial charge in [0.05, 0.1) is 17.7 Å². The molecule has 1 unspecified atom stereocenters. The Labute approximate surface area is 132 Å². The Morgan fingerprint density at radius 2 is 1.96 bits per heavy atom. The van der Waals surface area contributed by atoms with Crippen LogP contribution in [0.2, 0.25) is 0 Å². The van der Waals surface area contributed by atoms with Gasteiger partial charge in [-0.2, -0.15) is 0 Å². The fourth-order valence-corrected chi connectivity index (χ4v) is 2.96. The Morgan fingerprint density at radius 3 is 2.83 bits per heavy atom. The fraction of sp³-hybridized carbons (Fsp3) is 0.333. The van der Waals surface area contributed by atoms with E-state index in [2.05, 4.69) is 29.8 Å². The molecule has 0 saturated carbocycles. The predicted octanol–water partition coefficient (Wildman–Crippen LogP) is 0.435. The molecule has 0 aliphatic carbocycles. The van der Waals surface area contributed by atoms with E-state index in [9.17, 15) is 5.11 Å². The van der Waals surface area contributed by atoms with Crippen LogP contribution in [0.4, 0.5) is 11.6 Å². The van der Waals surface area contributed by atoms with E-state index < -0.39 is 6.10 Å². The highest BCUT2D eigenvalue weighted by atomic mass is 16.3. The lowest BCUT2D eigenvalue weighted by atomic mass is 10.3. The number of β-amino-alcohol motifs (C(OH)–C–C–N with tert-alkyl or cyclic N) is 1. The second-order valence-corrected chi connectivity index (χ2v) is 5.55. The summed E-state index contributed by atoms with van der Waals surface area (Å²) in [6.07, 6.45) is 7.93. The first-order valence-electron chi connectivity index (χ1n) is 7.53. The third kappa shape index (κ3) is 2.68. The van der Waals surface area contributed by atoms with E-state index in [0.29, 0.717) is 13.1 Å². The molecule has 0 amide bonds. The number of aliphatic hydroxyl groups excluding tert-OH is 1. The molecule has 4 rings (SSSR count). The third-order valence-electron chi connectivity index (χ3n) is 4.01. The highest BCUT2D eigenvalue weighted by Crippen LogP contribution is 2.23. The van der Waals surface area contributed by atoms with Crippen molar-refractivity contribution in [2.24, 2.45) is 0 Å². The van der Waals surface area contributed by atoms with Crippen molar-refractivity contribution in [3.8, 4) is 0 Å². The molecule has 2 N–H and O–H groups in total. The number of H-pyrrole nitrogens is 1. The predicted molar refractivity (Wildman–Crippen MR) is 86.4 cm³/mol. The molecule has 1 atom stereocenters. The minimum atomic E-state index is -0.497. The average molecular weight is 311 g/mol. The van der Waals surface area contributed by atoms with E-state index in [1.807, 2.05) is 17.2 Å². The van der Waals surface area contributed by atoms with Crippen molar-refractivity contribution in [3.05, 3.63) is 37.2 Å². The topological polar surface area (TPSA) is 94.1 Å². The van der Waals surface area contributed by atoms with Gasteiger partial charge in [-0.3, -0.25) is 4.98 Å². The number of hydrogen-bond donors (Lipinski definition) is 2. The second-order valence-electron chi connectivity index (χ2n) is 5.55. The van der Waals surface area contributed by atoms with Gasteiger partial charge < -0.3 is 19.9 Å². The van der Waals surface area contributed by atoms with Gasteiger partial charge in [-0.05, 0) is 6.07 Å². The first-order valence-corrected chi connectivity index (χ1v) is 7.53. The second kappa shape index (κ2) is 5.81. The van der Waals surface area contributed by atoms with Crippen LogP contribution in [0.3, 0.4) is 0 Å². The van der Waals surface area contributed by atoms with Crippen molar-refractivity contribution in [1.82, 2.24) is 24.9 Å². The highest BCUT2D eigenvalue weighted by Gasteiger charge is 2.24. The van der Waals surface area contributed by atoms with Gasteiger partial charge in [-0.25, -0.2) is 15.0 Å². The first-order chi connectivity index (χ1) is 11.3. The molecule has 1 saturated heterocycles. The van der Waals surface area contributed by atoms with Crippen LogP contribution >= 0.6 is 0 Å². The molecule has 0 aromatic carbocycles. The van der Waals surface area contributed by atoms with Crippen LogP contribution in [0.1, 0.15) is 0 Å². The number of aliphatic hydroxyl groups is 1. The van der Waals surface area contributed by atoms with Gasteiger partial charge in [0, 0.05) is 44.8 Å². The monoisotopic (exact) mass is 311 g/mol. The van der Waals surface area contributed by atoms with Crippen molar-refractivity contribution < 1.29 is 5.11 Å². The Morgan fingerprint density at radius 1 is 1.09 bits per heavy atom. The third-order valence-corrected chi connectivity index (χ3v) is 4.01. The first kappa shape index (κ1) is 13.9. The van der Waals surface area contributed by atoms with Crippen molar-refractivity contribution in [3.63, 3.8) is 0 Å². The van der Waals surface area contributed by atoms with Crippen molar-refractivity contribution in [2.75, 3.05) is 36.0 Å². The van der Waals surface area contributed by atoms with E-state index in [1.54, 1.807) is 24.9 Å². The molecule has 1 aliphatic heterocycles. The average Bonchev–Trinajstić information content (AvgIpc) is 2.98. The molecule has 8 nitrogen and oxygen atoms in total. The maximum absolute atomic E-state index is 10.4. The molecule has 0 bridgehead atoms. The number of fused-ring (bicyclic) bond motifs is 1. The van der Waals surface area contributed by atoms with Crippen LogP contribution in [-0.2, 0) is 0 Å². The summed E-state index contributed by atoms with van der Waals surface area (Å²) < 4.78 is 0. The number of aromatic nitrogens is 5. The number of nitrogens with one attached hydrogen (secondary N) is 1. The summed E-state index contributed by atoms with van der Waals surface area (Å²) in [7, 11) is 0. The van der Waals surface area contributed by atoms with Gasteiger partial charge in [0.1, 0.15) is 23.6 Å². The van der Waals surface area contributed by atoms with Gasteiger partial charge in [0.2, 0.25) is 0 Å². The van der Waals surface area contributed by atoms with Crippen molar-refractivity contribution >= 4 is 22.7 Å². The molecule has 118 valence electrons. The van der Waals surface area contributed by atoms with Crippen molar-refractivity contribution in [1.29, 1.82) is 0 Å². The van der Waals surface area contributed by atoms with E-state index in [1.165, 1.54) is 0 Å². The zero-order valence-electron chi connectivity index (χ0n) is 12.5. The van der Waals surface area contributed by atoms with E-state index in [-0.39, 0.29) is 0 Å². The summed E-state index contributed by atoms with van der Waals surface area (Å²) in [5, 5.41) is 11.4. The summed E-state index contributed by atoms with van der Waals surface area (Å²) in [5.74, 6) is 1.62. The molecule has 1 fully saturated rings. The van der Waals surface area contributed by atoms with Gasteiger partial charge in [0.25, 0.3) is 0 Å². The van der Waals surface area contributed by atoms with Crippen LogP contribution < -0.4 is 9.80 Å². The number of anilines is 2. The standard InChI is InChI=1S/C15H17N7O/c23-11-8-21(13-7-16-3-4-17-13)5-6-22(9-11)15-12-1-2-18-14(12)19-10-20-15/h1-4,7,10-11,23H,5-6,8-9H2,(H,18,19,20). The van der Waals surface area contributed by atoms with Crippen LogP contribution in [0.15, 0.2) is 37.2 Å². The quantitative estimate of drug-likeness (QED) is 0.709. The molecule has 1 aliphatic rings. The Balaban J connectivity index is 1.61. The lowest BCUT2D eigenvalue weighted by molar-refractivity contribution is 0.190. The molecular formula is C15H17N7O. The van der Waals surface area contributed by atoms with Crippen LogP contribution in [0, 0.1) is 0 Å². The van der Waals surface area contributed by atoms with Crippen LogP contribution in [-0.4, -0.2) is 62.3 Å². The molecular weight excluding hydrogens is 294 g/mol. The lowest BCUT2D eigenvalue weighted by Crippen LogP contribution is -2.34. The summed E-state index contributed by atoms with van der Waals surface area (Å²) in [6.45, 7) is 2.53. The van der Waals surface area contributed by atoms with Gasteiger partial charge in [-0.15, -0.1) is 0 Å². The molecule has 3 aromatic heterocycles. The zero-order chi connectivity index (χ0) is 15.6. The Kier molecular flexibility index (Phi) is 3.51. The SMILES string of the molecule is OC1CN(c2cnccn2)CCN(c2ncnc3[nH]ccc23)C1. The molecule has 4 heterocycles. The maximum Gasteiger partial charge on any atom is 0.147 e. The van der Waals surface area contributed by atoms with E-state index in [0.717, 1.165) is 35.8 Å². The summed E-state index contributed by atoms with van der Waals surface area (Å²) in [6, 6.07) is 1.96. The number of hydrogen-bond acceptors (Lipinski definition) is 7. The lowest BCUT2D eigenvalue weighted by Gasteiger charge is -2.23. The number of aromatic amines is 1. The molecule has 23 heavy (non-hydrogen) atoms. The fourth-order valence-electron chi connectivity index (χ4n) is 2.96. The zero-order valence-corrected chi connectivity index (χ0v) is 12.5. The number of rotatable bonds is 2.